The highest BCUT2D eigenvalue weighted by atomic mass is 16.5. The van der Waals surface area contributed by atoms with Gasteiger partial charge in [0.1, 0.15) is 0 Å². The molecule has 0 amide bonds. The average Bonchev–Trinajstić information content (AvgIpc) is 2.72. The highest BCUT2D eigenvalue weighted by molar-refractivity contribution is 5.74. The van der Waals surface area contributed by atoms with Crippen LogP contribution in [0.2, 0.25) is 0 Å². The normalized spacial score (nSPS) is 48.3. The zero-order valence-electron chi connectivity index (χ0n) is 13.3. The Morgan fingerprint density at radius 3 is 2.67 bits per heavy atom. The van der Waals surface area contributed by atoms with Gasteiger partial charge in [-0.1, -0.05) is 44.8 Å². The standard InChI is InChI=1S/C19H28O2/c1-3-4-5-6-7-11-14-10-15-12-8-9-13(16(11)17(12)14)18(15)19(20)21-2/h8-9,11-18H,3-7,10H2,1-2H3/t11-,12-,13-,14-,15-,16-,17-,18-/m0/s1. The monoisotopic (exact) mass is 288 g/mol. The molecule has 2 nitrogen and oxygen atoms in total. The fourth-order valence-corrected chi connectivity index (χ4v) is 6.54. The van der Waals surface area contributed by atoms with Gasteiger partial charge < -0.3 is 4.74 Å². The number of carbonyl (C=O) groups is 1. The molecule has 0 heterocycles. The van der Waals surface area contributed by atoms with Gasteiger partial charge in [0.25, 0.3) is 0 Å². The molecule has 5 rings (SSSR count). The highest BCUT2D eigenvalue weighted by Crippen LogP contribution is 2.72. The van der Waals surface area contributed by atoms with E-state index in [9.17, 15) is 4.79 Å². The second kappa shape index (κ2) is 5.14. The first kappa shape index (κ1) is 13.8. The van der Waals surface area contributed by atoms with Crippen LogP contribution >= 0.6 is 0 Å². The molecule has 4 bridgehead atoms. The van der Waals surface area contributed by atoms with Gasteiger partial charge in [0.05, 0.1) is 13.0 Å². The maximum Gasteiger partial charge on any atom is 0.309 e. The lowest BCUT2D eigenvalue weighted by molar-refractivity contribution is -0.159. The van der Waals surface area contributed by atoms with Gasteiger partial charge in [0.2, 0.25) is 0 Å². The molecule has 8 atom stereocenters. The summed E-state index contributed by atoms with van der Waals surface area (Å²) >= 11 is 0. The summed E-state index contributed by atoms with van der Waals surface area (Å²) in [7, 11) is 1.56. The quantitative estimate of drug-likeness (QED) is 0.418. The van der Waals surface area contributed by atoms with Crippen molar-refractivity contribution in [3.8, 4) is 0 Å². The van der Waals surface area contributed by atoms with E-state index < -0.39 is 0 Å². The summed E-state index contributed by atoms with van der Waals surface area (Å²) in [5.74, 6) is 5.58. The predicted octanol–water partition coefficient (Wildman–Crippen LogP) is 4.06. The summed E-state index contributed by atoms with van der Waals surface area (Å²) < 4.78 is 5.14. The third-order valence-electron chi connectivity index (χ3n) is 7.21. The van der Waals surface area contributed by atoms with Gasteiger partial charge in [-0.15, -0.1) is 0 Å². The van der Waals surface area contributed by atoms with Gasteiger partial charge >= 0.3 is 5.97 Å². The van der Waals surface area contributed by atoms with Crippen LogP contribution in [0.25, 0.3) is 0 Å². The maximum atomic E-state index is 12.3. The van der Waals surface area contributed by atoms with Gasteiger partial charge in [-0.2, -0.15) is 0 Å². The van der Waals surface area contributed by atoms with Crippen molar-refractivity contribution in [2.24, 2.45) is 47.3 Å². The summed E-state index contributed by atoms with van der Waals surface area (Å²) in [6, 6.07) is 0. The zero-order chi connectivity index (χ0) is 14.6. The van der Waals surface area contributed by atoms with Crippen LogP contribution in [0.5, 0.6) is 0 Å². The van der Waals surface area contributed by atoms with E-state index >= 15 is 0 Å². The van der Waals surface area contributed by atoms with Crippen molar-refractivity contribution in [2.45, 2.75) is 45.4 Å². The maximum absolute atomic E-state index is 12.3. The molecule has 0 unspecified atom stereocenters. The molecule has 0 radical (unpaired) electrons. The van der Waals surface area contributed by atoms with Crippen LogP contribution < -0.4 is 0 Å². The fourth-order valence-electron chi connectivity index (χ4n) is 6.54. The first-order valence-electron chi connectivity index (χ1n) is 9.04. The van der Waals surface area contributed by atoms with Crippen molar-refractivity contribution < 1.29 is 9.53 Å². The van der Waals surface area contributed by atoms with E-state index in [1.165, 1.54) is 38.5 Å². The molecule has 0 aromatic heterocycles. The van der Waals surface area contributed by atoms with Gasteiger partial charge in [0, 0.05) is 0 Å². The molecule has 21 heavy (non-hydrogen) atoms. The van der Waals surface area contributed by atoms with Crippen LogP contribution in [-0.4, -0.2) is 13.1 Å². The number of unbranched alkanes of at least 4 members (excludes halogenated alkanes) is 3. The third-order valence-corrected chi connectivity index (χ3v) is 7.21. The SMILES string of the molecule is CCCCCC[C@H]1[C@@H]2C[C@H]3[C@@H]4C=C[C@H]([C@@H]3C(=O)OC)[C@H]1[C@@H]42. The molecule has 0 aromatic rings. The first-order valence-corrected chi connectivity index (χ1v) is 9.04. The minimum atomic E-state index is 0.0649. The Kier molecular flexibility index (Phi) is 3.39. The Balaban J connectivity index is 1.50. The number of rotatable bonds is 6. The largest absolute Gasteiger partial charge is 0.469 e. The summed E-state index contributed by atoms with van der Waals surface area (Å²) in [6.07, 6.45) is 13.0. The van der Waals surface area contributed by atoms with Crippen LogP contribution in [0.15, 0.2) is 12.2 Å². The molecule has 3 fully saturated rings. The smallest absolute Gasteiger partial charge is 0.309 e. The minimum Gasteiger partial charge on any atom is -0.469 e. The molecule has 0 N–H and O–H groups in total. The fraction of sp³-hybridized carbons (Fsp3) is 0.842. The van der Waals surface area contributed by atoms with Crippen LogP contribution in [0.1, 0.15) is 45.4 Å². The van der Waals surface area contributed by atoms with E-state index in [4.69, 9.17) is 4.74 Å². The number of carbonyl (C=O) groups excluding carboxylic acids is 1. The second-order valence-electron chi connectivity index (χ2n) is 7.82. The van der Waals surface area contributed by atoms with E-state index in [1.54, 1.807) is 7.11 Å². The minimum absolute atomic E-state index is 0.0649. The summed E-state index contributed by atoms with van der Waals surface area (Å²) in [5.41, 5.74) is 0. The Hall–Kier alpha value is -0.790. The topological polar surface area (TPSA) is 26.3 Å². The van der Waals surface area contributed by atoms with E-state index in [2.05, 4.69) is 19.1 Å². The zero-order valence-corrected chi connectivity index (χ0v) is 13.3. The van der Waals surface area contributed by atoms with Crippen molar-refractivity contribution in [1.29, 1.82) is 0 Å². The van der Waals surface area contributed by atoms with Crippen LogP contribution in [0.4, 0.5) is 0 Å². The second-order valence-corrected chi connectivity index (χ2v) is 7.82. The molecule has 3 saturated carbocycles. The molecule has 0 aliphatic heterocycles. The lowest BCUT2D eigenvalue weighted by Crippen LogP contribution is -2.56. The van der Waals surface area contributed by atoms with Crippen molar-refractivity contribution in [2.75, 3.05) is 7.11 Å². The molecule has 0 saturated heterocycles. The van der Waals surface area contributed by atoms with Crippen molar-refractivity contribution in [3.05, 3.63) is 12.2 Å². The number of methoxy groups -OCH3 is 1. The lowest BCUT2D eigenvalue weighted by atomic mass is 9.45. The Morgan fingerprint density at radius 2 is 1.90 bits per heavy atom. The molecule has 2 heteroatoms. The number of esters is 1. The highest BCUT2D eigenvalue weighted by Gasteiger charge is 2.69. The molecular formula is C19H28O2. The predicted molar refractivity (Wildman–Crippen MR) is 82.5 cm³/mol. The van der Waals surface area contributed by atoms with Crippen molar-refractivity contribution in [1.82, 2.24) is 0 Å². The molecule has 5 aliphatic carbocycles. The first-order chi connectivity index (χ1) is 10.3. The molecular weight excluding hydrogens is 260 g/mol. The Labute approximate surface area is 128 Å². The number of allylic oxidation sites excluding steroid dienone is 2. The van der Waals surface area contributed by atoms with Crippen molar-refractivity contribution >= 4 is 5.97 Å². The van der Waals surface area contributed by atoms with Crippen LogP contribution in [0, 0.1) is 47.3 Å². The Bertz CT molecular complexity index is 454. The summed E-state index contributed by atoms with van der Waals surface area (Å²) in [6.45, 7) is 2.28. The number of hydrogen-bond donors (Lipinski definition) is 0. The van der Waals surface area contributed by atoms with Gasteiger partial charge in [0.15, 0.2) is 0 Å². The third kappa shape index (κ3) is 1.80. The molecule has 0 aromatic carbocycles. The van der Waals surface area contributed by atoms with Crippen molar-refractivity contribution in [3.63, 3.8) is 0 Å². The van der Waals surface area contributed by atoms with Crippen LogP contribution in [0.3, 0.4) is 0 Å². The van der Waals surface area contributed by atoms with E-state index in [0.29, 0.717) is 17.8 Å². The lowest BCUT2D eigenvalue weighted by Gasteiger charge is -2.59. The molecule has 116 valence electrons. The molecule has 0 spiro atoms. The van der Waals surface area contributed by atoms with E-state index in [0.717, 1.165) is 23.7 Å². The van der Waals surface area contributed by atoms with Gasteiger partial charge in [-0.25, -0.2) is 0 Å². The average molecular weight is 288 g/mol. The van der Waals surface area contributed by atoms with E-state index in [-0.39, 0.29) is 11.9 Å². The Morgan fingerprint density at radius 1 is 1.10 bits per heavy atom. The summed E-state index contributed by atoms with van der Waals surface area (Å²) in [4.78, 5) is 12.3. The summed E-state index contributed by atoms with van der Waals surface area (Å²) in [5, 5.41) is 0. The number of ether oxygens (including phenoxy) is 1. The van der Waals surface area contributed by atoms with E-state index in [1.807, 2.05) is 0 Å². The number of hydrogen-bond acceptors (Lipinski definition) is 2. The van der Waals surface area contributed by atoms with Crippen LogP contribution in [-0.2, 0) is 9.53 Å². The molecule has 5 aliphatic rings. The van der Waals surface area contributed by atoms with Gasteiger partial charge in [-0.3, -0.25) is 4.79 Å². The van der Waals surface area contributed by atoms with Gasteiger partial charge in [-0.05, 0) is 54.3 Å².